The van der Waals surface area contributed by atoms with Gasteiger partial charge in [-0.2, -0.15) is 5.26 Å². The third-order valence-electron chi connectivity index (χ3n) is 3.97. The van der Waals surface area contributed by atoms with Gasteiger partial charge in [-0.1, -0.05) is 12.1 Å². The van der Waals surface area contributed by atoms with Gasteiger partial charge in [0.15, 0.2) is 11.4 Å². The molecular formula is C20H17N3O2S. The summed E-state index contributed by atoms with van der Waals surface area (Å²) in [5.41, 5.74) is 3.04. The van der Waals surface area contributed by atoms with Gasteiger partial charge in [-0.3, -0.25) is 4.79 Å². The van der Waals surface area contributed by atoms with Crippen molar-refractivity contribution in [3.05, 3.63) is 70.2 Å². The number of anilines is 2. The maximum Gasteiger partial charge on any atom is 0.191 e. The Morgan fingerprint density at radius 2 is 1.88 bits per heavy atom. The lowest BCUT2D eigenvalue weighted by Gasteiger charge is -2.22. The standard InChI is InChI=1S/C20H17N3O2S/c1-14-19(13-24)22-20(26-14)23(17-7-3-15(11-21)4-8-17)12-16-5-9-18(25-2)10-6-16/h3-10,13H,12H2,1-2H3. The molecule has 5 nitrogen and oxygen atoms in total. The molecule has 0 aliphatic heterocycles. The van der Waals surface area contributed by atoms with Gasteiger partial charge in [-0.25, -0.2) is 4.98 Å². The van der Waals surface area contributed by atoms with Crippen LogP contribution in [-0.2, 0) is 6.54 Å². The van der Waals surface area contributed by atoms with Crippen LogP contribution in [0.5, 0.6) is 5.75 Å². The topological polar surface area (TPSA) is 66.2 Å². The second-order valence-corrected chi connectivity index (χ2v) is 6.83. The molecule has 0 N–H and O–H groups in total. The predicted molar refractivity (Wildman–Crippen MR) is 102 cm³/mol. The van der Waals surface area contributed by atoms with Crippen LogP contribution in [0.25, 0.3) is 0 Å². The number of hydrogen-bond acceptors (Lipinski definition) is 6. The number of aldehydes is 1. The van der Waals surface area contributed by atoms with Crippen molar-refractivity contribution in [1.82, 2.24) is 4.98 Å². The molecule has 6 heteroatoms. The summed E-state index contributed by atoms with van der Waals surface area (Å²) in [5, 5.41) is 9.76. The first kappa shape index (κ1) is 17.6. The van der Waals surface area contributed by atoms with E-state index in [1.54, 1.807) is 19.2 Å². The Labute approximate surface area is 156 Å². The average Bonchev–Trinajstić information content (AvgIpc) is 3.07. The van der Waals surface area contributed by atoms with E-state index in [-0.39, 0.29) is 0 Å². The van der Waals surface area contributed by atoms with Gasteiger partial charge >= 0.3 is 0 Å². The smallest absolute Gasteiger partial charge is 0.191 e. The van der Waals surface area contributed by atoms with Crippen LogP contribution in [-0.4, -0.2) is 18.4 Å². The highest BCUT2D eigenvalue weighted by atomic mass is 32.1. The molecule has 0 amide bonds. The van der Waals surface area contributed by atoms with E-state index in [1.807, 2.05) is 48.2 Å². The number of nitriles is 1. The van der Waals surface area contributed by atoms with Gasteiger partial charge in [0.2, 0.25) is 0 Å². The Morgan fingerprint density at radius 3 is 2.42 bits per heavy atom. The minimum Gasteiger partial charge on any atom is -0.497 e. The summed E-state index contributed by atoms with van der Waals surface area (Å²) in [7, 11) is 1.64. The molecule has 3 rings (SSSR count). The average molecular weight is 363 g/mol. The maximum absolute atomic E-state index is 11.2. The molecule has 2 aromatic carbocycles. The van der Waals surface area contributed by atoms with Crippen molar-refractivity contribution >= 4 is 28.4 Å². The lowest BCUT2D eigenvalue weighted by Crippen LogP contribution is -2.16. The molecular weight excluding hydrogens is 346 g/mol. The number of rotatable bonds is 6. The third kappa shape index (κ3) is 3.73. The molecule has 1 aromatic heterocycles. The van der Waals surface area contributed by atoms with E-state index in [9.17, 15) is 4.79 Å². The van der Waals surface area contributed by atoms with Crippen molar-refractivity contribution in [2.45, 2.75) is 13.5 Å². The molecule has 0 atom stereocenters. The molecule has 3 aromatic rings. The van der Waals surface area contributed by atoms with E-state index in [0.717, 1.165) is 33.3 Å². The molecule has 0 bridgehead atoms. The van der Waals surface area contributed by atoms with Gasteiger partial charge in [0.05, 0.1) is 25.3 Å². The van der Waals surface area contributed by atoms with Crippen LogP contribution in [0.15, 0.2) is 48.5 Å². The van der Waals surface area contributed by atoms with Gasteiger partial charge in [0.1, 0.15) is 11.4 Å². The number of hydrogen-bond donors (Lipinski definition) is 0. The Bertz CT molecular complexity index is 941. The molecule has 0 spiro atoms. The van der Waals surface area contributed by atoms with Gasteiger partial charge < -0.3 is 9.64 Å². The summed E-state index contributed by atoms with van der Waals surface area (Å²) in [5.74, 6) is 0.798. The number of aromatic nitrogens is 1. The van der Waals surface area contributed by atoms with Crippen molar-refractivity contribution in [2.24, 2.45) is 0 Å². The fourth-order valence-corrected chi connectivity index (χ4v) is 3.41. The van der Waals surface area contributed by atoms with E-state index in [2.05, 4.69) is 11.1 Å². The highest BCUT2D eigenvalue weighted by molar-refractivity contribution is 7.15. The van der Waals surface area contributed by atoms with Gasteiger partial charge in [0.25, 0.3) is 0 Å². The van der Waals surface area contributed by atoms with E-state index in [0.29, 0.717) is 17.8 Å². The van der Waals surface area contributed by atoms with Gasteiger partial charge in [0, 0.05) is 10.6 Å². The first-order valence-electron chi connectivity index (χ1n) is 7.98. The molecule has 26 heavy (non-hydrogen) atoms. The van der Waals surface area contributed by atoms with E-state index in [4.69, 9.17) is 10.00 Å². The molecule has 0 aliphatic carbocycles. The largest absolute Gasteiger partial charge is 0.497 e. The molecule has 0 saturated heterocycles. The normalized spacial score (nSPS) is 10.2. The number of ether oxygens (including phenoxy) is 1. The number of carbonyl (C=O) groups is 1. The molecule has 0 fully saturated rings. The second-order valence-electron chi connectivity index (χ2n) is 5.65. The number of benzene rings is 2. The second kappa shape index (κ2) is 7.81. The van der Waals surface area contributed by atoms with Crippen molar-refractivity contribution < 1.29 is 9.53 Å². The lowest BCUT2D eigenvalue weighted by molar-refractivity contribution is 0.111. The molecule has 0 aliphatic rings. The van der Waals surface area contributed by atoms with Gasteiger partial charge in [-0.05, 0) is 48.9 Å². The summed E-state index contributed by atoms with van der Waals surface area (Å²) >= 11 is 1.47. The lowest BCUT2D eigenvalue weighted by atomic mass is 10.1. The van der Waals surface area contributed by atoms with Crippen LogP contribution in [0.1, 0.15) is 26.5 Å². The maximum atomic E-state index is 11.2. The monoisotopic (exact) mass is 363 g/mol. The highest BCUT2D eigenvalue weighted by Crippen LogP contribution is 2.33. The number of thiazole rings is 1. The summed E-state index contributed by atoms with van der Waals surface area (Å²) in [6.45, 7) is 2.47. The van der Waals surface area contributed by atoms with Crippen molar-refractivity contribution in [3.8, 4) is 11.8 Å². The Kier molecular flexibility index (Phi) is 5.30. The SMILES string of the molecule is COc1ccc(CN(c2ccc(C#N)cc2)c2nc(C=O)c(C)s2)cc1. The van der Waals surface area contributed by atoms with E-state index >= 15 is 0 Å². The van der Waals surface area contributed by atoms with Gasteiger partial charge in [-0.15, -0.1) is 11.3 Å². The Hall–Kier alpha value is -3.17. The zero-order valence-corrected chi connectivity index (χ0v) is 15.3. The quantitative estimate of drug-likeness (QED) is 0.604. The van der Waals surface area contributed by atoms with Crippen LogP contribution >= 0.6 is 11.3 Å². The number of carbonyl (C=O) groups excluding carboxylic acids is 1. The number of methoxy groups -OCH3 is 1. The molecule has 1 heterocycles. The van der Waals surface area contributed by atoms with Crippen LogP contribution in [0.2, 0.25) is 0 Å². The summed E-state index contributed by atoms with van der Waals surface area (Å²) in [6.07, 6.45) is 0.777. The minimum atomic E-state index is 0.457. The van der Waals surface area contributed by atoms with Crippen molar-refractivity contribution in [1.29, 1.82) is 5.26 Å². The Morgan fingerprint density at radius 1 is 1.19 bits per heavy atom. The zero-order valence-electron chi connectivity index (χ0n) is 14.5. The first-order valence-corrected chi connectivity index (χ1v) is 8.79. The Balaban J connectivity index is 1.98. The molecule has 0 saturated carbocycles. The summed E-state index contributed by atoms with van der Waals surface area (Å²) in [4.78, 5) is 18.6. The fraction of sp³-hybridized carbons (Fsp3) is 0.150. The number of aryl methyl sites for hydroxylation is 1. The number of nitrogens with zero attached hydrogens (tertiary/aromatic N) is 3. The van der Waals surface area contributed by atoms with E-state index < -0.39 is 0 Å². The van der Waals surface area contributed by atoms with Crippen molar-refractivity contribution in [3.63, 3.8) is 0 Å². The predicted octanol–water partition coefficient (Wildman–Crippen LogP) is 4.48. The van der Waals surface area contributed by atoms with Crippen LogP contribution in [0.3, 0.4) is 0 Å². The highest BCUT2D eigenvalue weighted by Gasteiger charge is 2.16. The molecule has 0 radical (unpaired) electrons. The van der Waals surface area contributed by atoms with E-state index in [1.165, 1.54) is 11.3 Å². The zero-order chi connectivity index (χ0) is 18.5. The first-order chi connectivity index (χ1) is 12.6. The van der Waals surface area contributed by atoms with Crippen LogP contribution in [0, 0.1) is 18.3 Å². The summed E-state index contributed by atoms with van der Waals surface area (Å²) < 4.78 is 5.21. The van der Waals surface area contributed by atoms with Crippen LogP contribution < -0.4 is 9.64 Å². The minimum absolute atomic E-state index is 0.457. The molecule has 130 valence electrons. The van der Waals surface area contributed by atoms with Crippen LogP contribution in [0.4, 0.5) is 10.8 Å². The van der Waals surface area contributed by atoms with Crippen molar-refractivity contribution in [2.75, 3.05) is 12.0 Å². The third-order valence-corrected chi connectivity index (χ3v) is 4.98. The molecule has 0 unspecified atom stereocenters. The summed E-state index contributed by atoms with van der Waals surface area (Å²) in [6, 6.07) is 17.3. The fourth-order valence-electron chi connectivity index (χ4n) is 2.52.